The molecule has 96 valence electrons. The summed E-state index contributed by atoms with van der Waals surface area (Å²) >= 11 is 0. The first-order valence-electron chi connectivity index (χ1n) is 7.49. The first-order valence-corrected chi connectivity index (χ1v) is 7.49. The standard InChI is InChI=1S/C16H22N2/c1-2-12-4-5-15(10-13(12)3-1)17-16-7-9-18-8-6-14(16)11-18/h4-5,10,14,16-17H,1-3,6-9,11H2. The highest BCUT2D eigenvalue weighted by atomic mass is 15.2. The van der Waals surface area contributed by atoms with E-state index in [4.69, 9.17) is 0 Å². The number of anilines is 1. The van der Waals surface area contributed by atoms with Crippen LogP contribution in [0, 0.1) is 5.92 Å². The number of nitrogens with one attached hydrogen (secondary N) is 1. The van der Waals surface area contributed by atoms with E-state index >= 15 is 0 Å². The van der Waals surface area contributed by atoms with Gasteiger partial charge in [0.2, 0.25) is 0 Å². The third-order valence-corrected chi connectivity index (χ3v) is 5.08. The predicted molar refractivity (Wildman–Crippen MR) is 75.0 cm³/mol. The lowest BCUT2D eigenvalue weighted by molar-refractivity contribution is 0.255. The van der Waals surface area contributed by atoms with E-state index in [9.17, 15) is 0 Å². The van der Waals surface area contributed by atoms with Crippen molar-refractivity contribution in [2.75, 3.05) is 25.0 Å². The molecule has 2 heterocycles. The van der Waals surface area contributed by atoms with Gasteiger partial charge in [0.05, 0.1) is 0 Å². The van der Waals surface area contributed by atoms with Gasteiger partial charge in [-0.25, -0.2) is 0 Å². The minimum absolute atomic E-state index is 0.711. The Morgan fingerprint density at radius 2 is 1.94 bits per heavy atom. The van der Waals surface area contributed by atoms with Crippen LogP contribution in [0.25, 0.3) is 0 Å². The molecule has 1 aromatic carbocycles. The number of rotatable bonds is 2. The van der Waals surface area contributed by atoms with Crippen molar-refractivity contribution in [3.05, 3.63) is 29.3 Å². The number of benzene rings is 1. The van der Waals surface area contributed by atoms with Crippen molar-refractivity contribution in [1.29, 1.82) is 0 Å². The molecule has 2 saturated heterocycles. The Morgan fingerprint density at radius 1 is 1.06 bits per heavy atom. The van der Waals surface area contributed by atoms with Crippen LogP contribution in [0.2, 0.25) is 0 Å². The minimum Gasteiger partial charge on any atom is -0.382 e. The van der Waals surface area contributed by atoms with E-state index in [1.54, 1.807) is 11.1 Å². The molecule has 0 spiro atoms. The zero-order valence-corrected chi connectivity index (χ0v) is 11.0. The van der Waals surface area contributed by atoms with Crippen molar-refractivity contribution in [3.63, 3.8) is 0 Å². The summed E-state index contributed by atoms with van der Waals surface area (Å²) in [5.74, 6) is 0.881. The Morgan fingerprint density at radius 3 is 2.94 bits per heavy atom. The van der Waals surface area contributed by atoms with Crippen LogP contribution in [-0.2, 0) is 12.8 Å². The molecule has 2 bridgehead atoms. The van der Waals surface area contributed by atoms with Crippen LogP contribution in [0.1, 0.15) is 30.4 Å². The third kappa shape index (κ3) is 1.83. The molecule has 2 nitrogen and oxygen atoms in total. The second-order valence-electron chi connectivity index (χ2n) is 6.23. The molecule has 3 atom stereocenters. The second-order valence-corrected chi connectivity index (χ2v) is 6.23. The van der Waals surface area contributed by atoms with Crippen LogP contribution >= 0.6 is 0 Å². The topological polar surface area (TPSA) is 15.3 Å². The summed E-state index contributed by atoms with van der Waals surface area (Å²) in [5.41, 5.74) is 4.53. The van der Waals surface area contributed by atoms with Gasteiger partial charge in [-0.05, 0) is 67.8 Å². The Balaban J connectivity index is 1.51. The summed E-state index contributed by atoms with van der Waals surface area (Å²) in [6.07, 6.45) is 6.63. The quantitative estimate of drug-likeness (QED) is 0.858. The van der Waals surface area contributed by atoms with Crippen LogP contribution in [0.3, 0.4) is 0 Å². The van der Waals surface area contributed by atoms with Gasteiger partial charge in [0.15, 0.2) is 0 Å². The minimum atomic E-state index is 0.711. The molecule has 1 aliphatic carbocycles. The van der Waals surface area contributed by atoms with Gasteiger partial charge >= 0.3 is 0 Å². The maximum absolute atomic E-state index is 3.81. The van der Waals surface area contributed by atoms with Gasteiger partial charge in [-0.3, -0.25) is 0 Å². The zero-order chi connectivity index (χ0) is 11.9. The van der Waals surface area contributed by atoms with E-state index in [2.05, 4.69) is 28.4 Å². The highest BCUT2D eigenvalue weighted by Gasteiger charge is 2.34. The summed E-state index contributed by atoms with van der Waals surface area (Å²) in [6.45, 7) is 3.94. The molecule has 3 unspecified atom stereocenters. The molecule has 3 aliphatic rings. The fourth-order valence-corrected chi connectivity index (χ4v) is 4.02. The molecule has 0 saturated carbocycles. The van der Waals surface area contributed by atoms with Crippen LogP contribution in [0.5, 0.6) is 0 Å². The number of hydrogen-bond acceptors (Lipinski definition) is 2. The van der Waals surface area contributed by atoms with E-state index < -0.39 is 0 Å². The Hall–Kier alpha value is -1.02. The maximum atomic E-state index is 3.81. The van der Waals surface area contributed by atoms with E-state index in [-0.39, 0.29) is 0 Å². The number of hydrogen-bond donors (Lipinski definition) is 1. The monoisotopic (exact) mass is 242 g/mol. The van der Waals surface area contributed by atoms with Crippen molar-refractivity contribution in [1.82, 2.24) is 4.90 Å². The van der Waals surface area contributed by atoms with Crippen molar-refractivity contribution < 1.29 is 0 Å². The van der Waals surface area contributed by atoms with E-state index in [0.717, 1.165) is 5.92 Å². The number of fused-ring (bicyclic) bond motifs is 3. The lowest BCUT2D eigenvalue weighted by Crippen LogP contribution is -2.39. The van der Waals surface area contributed by atoms with Gasteiger partial charge in [0.25, 0.3) is 0 Å². The molecule has 1 N–H and O–H groups in total. The van der Waals surface area contributed by atoms with Crippen molar-refractivity contribution in [2.45, 2.75) is 38.1 Å². The molecule has 2 aliphatic heterocycles. The smallest absolute Gasteiger partial charge is 0.0345 e. The summed E-state index contributed by atoms with van der Waals surface area (Å²) in [4.78, 5) is 2.62. The Kier molecular flexibility index (Phi) is 2.58. The number of piperidine rings is 1. The second kappa shape index (κ2) is 4.27. The first kappa shape index (κ1) is 10.9. The van der Waals surface area contributed by atoms with Gasteiger partial charge in [-0.1, -0.05) is 6.07 Å². The van der Waals surface area contributed by atoms with E-state index in [0.29, 0.717) is 6.04 Å². The summed E-state index contributed by atoms with van der Waals surface area (Å²) in [5, 5.41) is 3.81. The molecule has 2 fully saturated rings. The van der Waals surface area contributed by atoms with Gasteiger partial charge in [-0.15, -0.1) is 0 Å². The van der Waals surface area contributed by atoms with Gasteiger partial charge in [0, 0.05) is 24.8 Å². The highest BCUT2D eigenvalue weighted by Crippen LogP contribution is 2.31. The van der Waals surface area contributed by atoms with Crippen molar-refractivity contribution in [2.24, 2.45) is 5.92 Å². The molecule has 0 radical (unpaired) electrons. The van der Waals surface area contributed by atoms with Crippen molar-refractivity contribution >= 4 is 5.69 Å². The van der Waals surface area contributed by atoms with Gasteiger partial charge in [-0.2, -0.15) is 0 Å². The molecular formula is C16H22N2. The summed E-state index contributed by atoms with van der Waals surface area (Å²) in [6, 6.07) is 7.76. The molecule has 0 amide bonds. The molecule has 1 aromatic rings. The summed E-state index contributed by atoms with van der Waals surface area (Å²) in [7, 11) is 0. The highest BCUT2D eigenvalue weighted by molar-refractivity contribution is 5.51. The lowest BCUT2D eigenvalue weighted by Gasteiger charge is -2.31. The predicted octanol–water partition coefficient (Wildman–Crippen LogP) is 2.68. The number of aryl methyl sites for hydroxylation is 2. The average Bonchev–Trinajstić information content (AvgIpc) is 3.00. The fourth-order valence-electron chi connectivity index (χ4n) is 4.02. The fraction of sp³-hybridized carbons (Fsp3) is 0.625. The SMILES string of the molecule is c1cc2c(cc1NC1CCN3CCC1C3)CCC2. The zero-order valence-electron chi connectivity index (χ0n) is 11.0. The van der Waals surface area contributed by atoms with Gasteiger partial charge < -0.3 is 10.2 Å². The van der Waals surface area contributed by atoms with Crippen LogP contribution in [0.15, 0.2) is 18.2 Å². The average molecular weight is 242 g/mol. The summed E-state index contributed by atoms with van der Waals surface area (Å²) < 4.78 is 0. The normalized spacial score (nSPS) is 33.4. The van der Waals surface area contributed by atoms with Crippen LogP contribution < -0.4 is 5.32 Å². The van der Waals surface area contributed by atoms with E-state index in [1.165, 1.54) is 57.4 Å². The molecular weight excluding hydrogens is 220 g/mol. The molecule has 4 rings (SSSR count). The largest absolute Gasteiger partial charge is 0.382 e. The molecule has 18 heavy (non-hydrogen) atoms. The molecule has 2 heteroatoms. The molecule has 0 aromatic heterocycles. The Bertz CT molecular complexity index is 454. The lowest BCUT2D eigenvalue weighted by atomic mass is 9.94. The number of nitrogens with zero attached hydrogens (tertiary/aromatic N) is 1. The van der Waals surface area contributed by atoms with Crippen LogP contribution in [0.4, 0.5) is 5.69 Å². The van der Waals surface area contributed by atoms with Crippen molar-refractivity contribution in [3.8, 4) is 0 Å². The third-order valence-electron chi connectivity index (χ3n) is 5.08. The van der Waals surface area contributed by atoms with E-state index in [1.807, 2.05) is 0 Å². The maximum Gasteiger partial charge on any atom is 0.0345 e. The van der Waals surface area contributed by atoms with Crippen LogP contribution in [-0.4, -0.2) is 30.6 Å². The van der Waals surface area contributed by atoms with Gasteiger partial charge in [0.1, 0.15) is 0 Å². The Labute approximate surface area is 109 Å². The first-order chi connectivity index (χ1) is 8.88.